The number of unbranched alkanes of at least 4 members (excludes halogenated alkanes) is 1. The van der Waals surface area contributed by atoms with Gasteiger partial charge in [-0.3, -0.25) is 0 Å². The lowest BCUT2D eigenvalue weighted by molar-refractivity contribution is 0.163. The van der Waals surface area contributed by atoms with Gasteiger partial charge in [-0.15, -0.1) is 0 Å². The first kappa shape index (κ1) is 19.6. The lowest BCUT2D eigenvalue weighted by Crippen LogP contribution is -2.43. The molecule has 140 valence electrons. The van der Waals surface area contributed by atoms with E-state index in [2.05, 4.69) is 24.2 Å². The molecule has 25 heavy (non-hydrogen) atoms. The number of nitrogens with one attached hydrogen (secondary N) is 1. The van der Waals surface area contributed by atoms with Gasteiger partial charge in [-0.25, -0.2) is 4.79 Å². The van der Waals surface area contributed by atoms with Crippen molar-refractivity contribution in [1.29, 1.82) is 0 Å². The van der Waals surface area contributed by atoms with Crippen molar-refractivity contribution in [3.63, 3.8) is 0 Å². The first-order valence-electron chi connectivity index (χ1n) is 9.52. The first-order valence-corrected chi connectivity index (χ1v) is 9.52. The van der Waals surface area contributed by atoms with Crippen LogP contribution >= 0.6 is 0 Å². The van der Waals surface area contributed by atoms with Gasteiger partial charge >= 0.3 is 6.03 Å². The van der Waals surface area contributed by atoms with E-state index in [9.17, 15) is 4.79 Å². The van der Waals surface area contributed by atoms with Crippen LogP contribution in [0, 0.1) is 5.92 Å². The molecule has 0 unspecified atom stereocenters. The zero-order chi connectivity index (χ0) is 18.2. The topological polar surface area (TPSA) is 38.8 Å². The second-order valence-corrected chi connectivity index (χ2v) is 7.39. The van der Waals surface area contributed by atoms with Crippen LogP contribution in [0.3, 0.4) is 0 Å². The van der Waals surface area contributed by atoms with E-state index in [0.29, 0.717) is 5.92 Å². The van der Waals surface area contributed by atoms with Crippen molar-refractivity contribution >= 4 is 17.4 Å². The Morgan fingerprint density at radius 2 is 1.88 bits per heavy atom. The van der Waals surface area contributed by atoms with Crippen molar-refractivity contribution < 1.29 is 4.79 Å². The maximum Gasteiger partial charge on any atom is 0.321 e. The molecule has 5 nitrogen and oxygen atoms in total. The summed E-state index contributed by atoms with van der Waals surface area (Å²) in [7, 11) is 6.20. The van der Waals surface area contributed by atoms with Crippen LogP contribution in [-0.2, 0) is 0 Å². The highest BCUT2D eigenvalue weighted by Crippen LogP contribution is 2.25. The molecular weight excluding hydrogens is 312 g/mol. The number of piperidine rings is 1. The summed E-state index contributed by atoms with van der Waals surface area (Å²) in [6.07, 6.45) is 4.71. The van der Waals surface area contributed by atoms with Crippen molar-refractivity contribution in [3.8, 4) is 0 Å². The molecule has 1 aliphatic heterocycles. The van der Waals surface area contributed by atoms with Gasteiger partial charge in [0.25, 0.3) is 0 Å². The van der Waals surface area contributed by atoms with Crippen molar-refractivity contribution in [2.75, 3.05) is 57.5 Å². The Morgan fingerprint density at radius 3 is 2.52 bits per heavy atom. The Hall–Kier alpha value is -1.75. The number of para-hydroxylation sites is 2. The maximum atomic E-state index is 12.6. The van der Waals surface area contributed by atoms with E-state index in [4.69, 9.17) is 0 Å². The largest absolute Gasteiger partial charge is 0.376 e. The van der Waals surface area contributed by atoms with Gasteiger partial charge in [-0.1, -0.05) is 25.5 Å². The molecule has 1 saturated heterocycles. The predicted molar refractivity (Wildman–Crippen MR) is 106 cm³/mol. The van der Waals surface area contributed by atoms with E-state index < -0.39 is 0 Å². The Balaban J connectivity index is 1.82. The predicted octanol–water partition coefficient (Wildman–Crippen LogP) is 3.73. The minimum Gasteiger partial charge on any atom is -0.376 e. The number of hydrogen-bond acceptors (Lipinski definition) is 3. The minimum absolute atomic E-state index is 0.0205. The number of carbonyl (C=O) groups excluding carboxylic acids is 1. The zero-order valence-electron chi connectivity index (χ0n) is 16.3. The van der Waals surface area contributed by atoms with Gasteiger partial charge in [0, 0.05) is 33.7 Å². The van der Waals surface area contributed by atoms with Gasteiger partial charge in [-0.05, 0) is 50.9 Å². The summed E-state index contributed by atoms with van der Waals surface area (Å²) in [5.41, 5.74) is 1.90. The summed E-state index contributed by atoms with van der Waals surface area (Å²) < 4.78 is 0. The lowest BCUT2D eigenvalue weighted by atomic mass is 9.96. The average Bonchev–Trinajstić information content (AvgIpc) is 2.60. The number of urea groups is 1. The number of rotatable bonds is 7. The third-order valence-corrected chi connectivity index (χ3v) is 4.99. The van der Waals surface area contributed by atoms with Crippen molar-refractivity contribution in [2.45, 2.75) is 32.6 Å². The number of carbonyl (C=O) groups is 1. The van der Waals surface area contributed by atoms with E-state index in [1.807, 2.05) is 48.2 Å². The van der Waals surface area contributed by atoms with Crippen LogP contribution in [0.5, 0.6) is 0 Å². The van der Waals surface area contributed by atoms with Crippen molar-refractivity contribution in [2.24, 2.45) is 5.92 Å². The molecule has 0 spiro atoms. The summed E-state index contributed by atoms with van der Waals surface area (Å²) >= 11 is 0. The number of hydrogen-bond donors (Lipinski definition) is 1. The third kappa shape index (κ3) is 5.92. The molecule has 1 heterocycles. The molecule has 1 aliphatic rings. The van der Waals surface area contributed by atoms with Crippen LogP contribution in [-0.4, -0.2) is 63.2 Å². The quantitative estimate of drug-likeness (QED) is 0.818. The van der Waals surface area contributed by atoms with Gasteiger partial charge in [-0.2, -0.15) is 0 Å². The summed E-state index contributed by atoms with van der Waals surface area (Å²) in [5.74, 6) is 0.708. The van der Waals surface area contributed by atoms with Gasteiger partial charge < -0.3 is 20.0 Å². The summed E-state index contributed by atoms with van der Waals surface area (Å²) in [5, 5.41) is 3.08. The molecule has 0 bridgehead atoms. The Morgan fingerprint density at radius 1 is 1.20 bits per heavy atom. The molecule has 2 rings (SSSR count). The van der Waals surface area contributed by atoms with Crippen LogP contribution in [0.4, 0.5) is 16.2 Å². The second kappa shape index (κ2) is 9.66. The van der Waals surface area contributed by atoms with E-state index in [-0.39, 0.29) is 6.03 Å². The minimum atomic E-state index is 0.0205. The van der Waals surface area contributed by atoms with Crippen LogP contribution in [0.2, 0.25) is 0 Å². The Bertz CT molecular complexity index is 538. The van der Waals surface area contributed by atoms with Gasteiger partial charge in [0.1, 0.15) is 0 Å². The standard InChI is InChI=1S/C20H34N4O/c1-5-6-13-23(4)16-17-11-14-24(15-12-17)20(25)21-18-9-7-8-10-19(18)22(2)3/h7-10,17H,5-6,11-16H2,1-4H3,(H,21,25). The fraction of sp³-hybridized carbons (Fsp3) is 0.650. The molecular formula is C20H34N4O. The molecule has 1 N–H and O–H groups in total. The lowest BCUT2D eigenvalue weighted by Gasteiger charge is -2.34. The molecule has 0 aromatic heterocycles. The molecule has 0 radical (unpaired) electrons. The summed E-state index contributed by atoms with van der Waals surface area (Å²) in [6.45, 7) is 6.27. The number of benzene rings is 1. The molecule has 0 saturated carbocycles. The van der Waals surface area contributed by atoms with Crippen LogP contribution in [0.15, 0.2) is 24.3 Å². The van der Waals surface area contributed by atoms with Crippen LogP contribution in [0.25, 0.3) is 0 Å². The fourth-order valence-electron chi connectivity index (χ4n) is 3.44. The van der Waals surface area contributed by atoms with E-state index in [1.165, 1.54) is 19.4 Å². The van der Waals surface area contributed by atoms with Crippen LogP contribution < -0.4 is 10.2 Å². The monoisotopic (exact) mass is 346 g/mol. The molecule has 0 aliphatic carbocycles. The first-order chi connectivity index (χ1) is 12.0. The summed E-state index contributed by atoms with van der Waals surface area (Å²) in [6, 6.07) is 7.95. The van der Waals surface area contributed by atoms with Gasteiger partial charge in [0.15, 0.2) is 0 Å². The highest BCUT2D eigenvalue weighted by atomic mass is 16.2. The smallest absolute Gasteiger partial charge is 0.321 e. The summed E-state index contributed by atoms with van der Waals surface area (Å²) in [4.78, 5) is 19.0. The van der Waals surface area contributed by atoms with Gasteiger partial charge in [0.05, 0.1) is 11.4 Å². The Labute approximate surface area is 153 Å². The number of likely N-dealkylation sites (tertiary alicyclic amines) is 1. The van der Waals surface area contributed by atoms with Crippen molar-refractivity contribution in [3.05, 3.63) is 24.3 Å². The number of nitrogens with zero attached hydrogens (tertiary/aromatic N) is 3. The highest BCUT2D eigenvalue weighted by molar-refractivity contribution is 5.93. The van der Waals surface area contributed by atoms with Crippen molar-refractivity contribution in [1.82, 2.24) is 9.80 Å². The third-order valence-electron chi connectivity index (χ3n) is 4.99. The van der Waals surface area contributed by atoms with E-state index in [1.54, 1.807) is 0 Å². The fourth-order valence-corrected chi connectivity index (χ4v) is 3.44. The maximum absolute atomic E-state index is 12.6. The molecule has 0 atom stereocenters. The average molecular weight is 347 g/mol. The second-order valence-electron chi connectivity index (χ2n) is 7.39. The van der Waals surface area contributed by atoms with E-state index in [0.717, 1.165) is 43.9 Å². The van der Waals surface area contributed by atoms with Gasteiger partial charge in [0.2, 0.25) is 0 Å². The Kier molecular flexibility index (Phi) is 7.56. The SMILES string of the molecule is CCCCN(C)CC1CCN(C(=O)Nc2ccccc2N(C)C)CC1. The molecule has 2 amide bonds. The number of anilines is 2. The number of amides is 2. The highest BCUT2D eigenvalue weighted by Gasteiger charge is 2.24. The molecule has 1 fully saturated rings. The molecule has 1 aromatic rings. The normalized spacial score (nSPS) is 15.5. The zero-order valence-corrected chi connectivity index (χ0v) is 16.3. The molecule has 5 heteroatoms. The molecule has 1 aromatic carbocycles. The van der Waals surface area contributed by atoms with E-state index >= 15 is 0 Å². The van der Waals surface area contributed by atoms with Crippen LogP contribution in [0.1, 0.15) is 32.6 Å².